The van der Waals surface area contributed by atoms with Crippen LogP contribution in [0.25, 0.3) is 0 Å². The van der Waals surface area contributed by atoms with Gasteiger partial charge in [-0.2, -0.15) is 4.98 Å². The number of methoxy groups -OCH3 is 1. The summed E-state index contributed by atoms with van der Waals surface area (Å²) in [6.45, 7) is 0.643. The Hall–Kier alpha value is -1.81. The molecule has 0 aliphatic carbocycles. The van der Waals surface area contributed by atoms with Crippen molar-refractivity contribution < 1.29 is 4.74 Å². The Morgan fingerprint density at radius 1 is 1.24 bits per heavy atom. The summed E-state index contributed by atoms with van der Waals surface area (Å²) < 4.78 is 5.01. The minimum absolute atomic E-state index is 0.540. The molecule has 0 spiro atoms. The summed E-state index contributed by atoms with van der Waals surface area (Å²) in [4.78, 5) is 8.25. The Balaban J connectivity index is 1.99. The molecular formula is C12H12ClN3O. The second kappa shape index (κ2) is 5.50. The average Bonchev–Trinajstić information content (AvgIpc) is 2.38. The number of nitrogens with one attached hydrogen (secondary N) is 1. The number of halogens is 1. The number of ether oxygens (including phenoxy) is 1. The SMILES string of the molecule is COc1ccnc(NCc2ccc(Cl)cc2)n1. The van der Waals surface area contributed by atoms with E-state index in [0.29, 0.717) is 18.4 Å². The van der Waals surface area contributed by atoms with Crippen LogP contribution in [0, 0.1) is 0 Å². The minimum Gasteiger partial charge on any atom is -0.481 e. The highest BCUT2D eigenvalue weighted by molar-refractivity contribution is 6.30. The first-order valence-corrected chi connectivity index (χ1v) is 5.51. The first kappa shape index (κ1) is 11.7. The van der Waals surface area contributed by atoms with Crippen LogP contribution in [0.1, 0.15) is 5.56 Å². The number of aromatic nitrogens is 2. The monoisotopic (exact) mass is 249 g/mol. The smallest absolute Gasteiger partial charge is 0.226 e. The average molecular weight is 250 g/mol. The lowest BCUT2D eigenvalue weighted by Gasteiger charge is -2.05. The van der Waals surface area contributed by atoms with E-state index >= 15 is 0 Å². The first-order chi connectivity index (χ1) is 8.28. The molecule has 0 saturated carbocycles. The van der Waals surface area contributed by atoms with Crippen molar-refractivity contribution in [2.24, 2.45) is 0 Å². The van der Waals surface area contributed by atoms with Gasteiger partial charge in [0, 0.05) is 23.8 Å². The summed E-state index contributed by atoms with van der Waals surface area (Å²) in [6, 6.07) is 9.31. The fraction of sp³-hybridized carbons (Fsp3) is 0.167. The normalized spacial score (nSPS) is 10.0. The van der Waals surface area contributed by atoms with Gasteiger partial charge in [-0.25, -0.2) is 4.98 Å². The summed E-state index contributed by atoms with van der Waals surface area (Å²) in [5.74, 6) is 1.08. The second-order valence-corrected chi connectivity index (χ2v) is 3.84. The Bertz CT molecular complexity index is 487. The molecule has 0 fully saturated rings. The predicted molar refractivity (Wildman–Crippen MR) is 67.4 cm³/mol. The highest BCUT2D eigenvalue weighted by atomic mass is 35.5. The molecule has 4 nitrogen and oxygen atoms in total. The van der Waals surface area contributed by atoms with Crippen molar-refractivity contribution in [3.05, 3.63) is 47.1 Å². The maximum absolute atomic E-state index is 5.81. The highest BCUT2D eigenvalue weighted by Gasteiger charge is 1.99. The summed E-state index contributed by atoms with van der Waals surface area (Å²) in [5, 5.41) is 3.84. The van der Waals surface area contributed by atoms with Crippen LogP contribution in [0.3, 0.4) is 0 Å². The molecule has 0 atom stereocenters. The van der Waals surface area contributed by atoms with Crippen molar-refractivity contribution in [2.45, 2.75) is 6.54 Å². The molecule has 0 amide bonds. The van der Waals surface area contributed by atoms with Crippen LogP contribution in [0.15, 0.2) is 36.5 Å². The maximum Gasteiger partial charge on any atom is 0.226 e. The van der Waals surface area contributed by atoms with Crippen LogP contribution >= 0.6 is 11.6 Å². The van der Waals surface area contributed by atoms with Crippen molar-refractivity contribution in [3.8, 4) is 5.88 Å². The number of anilines is 1. The first-order valence-electron chi connectivity index (χ1n) is 5.13. The quantitative estimate of drug-likeness (QED) is 0.905. The molecule has 1 aromatic heterocycles. The zero-order valence-corrected chi connectivity index (χ0v) is 10.1. The van der Waals surface area contributed by atoms with Crippen molar-refractivity contribution in [1.29, 1.82) is 0 Å². The van der Waals surface area contributed by atoms with Gasteiger partial charge in [-0.3, -0.25) is 0 Å². The molecule has 0 radical (unpaired) electrons. The molecule has 0 saturated heterocycles. The van der Waals surface area contributed by atoms with Gasteiger partial charge in [-0.05, 0) is 17.7 Å². The Morgan fingerprint density at radius 2 is 2.00 bits per heavy atom. The van der Waals surface area contributed by atoms with E-state index in [1.165, 1.54) is 0 Å². The summed E-state index contributed by atoms with van der Waals surface area (Å²) in [5.41, 5.74) is 1.11. The Labute approximate surface area is 105 Å². The predicted octanol–water partition coefficient (Wildman–Crippen LogP) is 2.75. The van der Waals surface area contributed by atoms with Crippen LogP contribution in [0.2, 0.25) is 5.02 Å². The lowest BCUT2D eigenvalue weighted by Crippen LogP contribution is -2.03. The van der Waals surface area contributed by atoms with Crippen LogP contribution in [-0.2, 0) is 6.54 Å². The molecule has 0 unspecified atom stereocenters. The van der Waals surface area contributed by atoms with E-state index < -0.39 is 0 Å². The van der Waals surface area contributed by atoms with Gasteiger partial charge in [0.25, 0.3) is 0 Å². The summed E-state index contributed by atoms with van der Waals surface area (Å²) in [6.07, 6.45) is 1.65. The lowest BCUT2D eigenvalue weighted by molar-refractivity contribution is 0.397. The third-order valence-electron chi connectivity index (χ3n) is 2.20. The third-order valence-corrected chi connectivity index (χ3v) is 2.46. The fourth-order valence-corrected chi connectivity index (χ4v) is 1.45. The summed E-state index contributed by atoms with van der Waals surface area (Å²) in [7, 11) is 1.57. The highest BCUT2D eigenvalue weighted by Crippen LogP contribution is 2.11. The maximum atomic E-state index is 5.81. The van der Waals surface area contributed by atoms with Crippen molar-refractivity contribution in [2.75, 3.05) is 12.4 Å². The standard InChI is InChI=1S/C12H12ClN3O/c1-17-11-6-7-14-12(16-11)15-8-9-2-4-10(13)5-3-9/h2-7H,8H2,1H3,(H,14,15,16). The number of hydrogen-bond acceptors (Lipinski definition) is 4. The fourth-order valence-electron chi connectivity index (χ4n) is 1.32. The van der Waals surface area contributed by atoms with Gasteiger partial charge in [-0.1, -0.05) is 23.7 Å². The number of hydrogen-bond donors (Lipinski definition) is 1. The molecular weight excluding hydrogens is 238 g/mol. The van der Waals surface area contributed by atoms with Crippen LogP contribution in [0.5, 0.6) is 5.88 Å². The topological polar surface area (TPSA) is 47.0 Å². The van der Waals surface area contributed by atoms with E-state index in [0.717, 1.165) is 10.6 Å². The molecule has 17 heavy (non-hydrogen) atoms. The molecule has 2 aromatic rings. The molecule has 1 aromatic carbocycles. The van der Waals surface area contributed by atoms with E-state index in [9.17, 15) is 0 Å². The van der Waals surface area contributed by atoms with E-state index in [2.05, 4.69) is 15.3 Å². The van der Waals surface area contributed by atoms with Gasteiger partial charge in [0.15, 0.2) is 0 Å². The molecule has 1 heterocycles. The van der Waals surface area contributed by atoms with E-state index in [4.69, 9.17) is 16.3 Å². The number of rotatable bonds is 4. The van der Waals surface area contributed by atoms with Gasteiger partial charge in [0.05, 0.1) is 7.11 Å². The van der Waals surface area contributed by atoms with Crippen molar-refractivity contribution in [3.63, 3.8) is 0 Å². The second-order valence-electron chi connectivity index (χ2n) is 3.40. The molecule has 1 N–H and O–H groups in total. The van der Waals surface area contributed by atoms with Gasteiger partial charge < -0.3 is 10.1 Å². The van der Waals surface area contributed by atoms with Gasteiger partial charge in [0.2, 0.25) is 11.8 Å². The number of nitrogens with zero attached hydrogens (tertiary/aromatic N) is 2. The van der Waals surface area contributed by atoms with Crippen LogP contribution in [-0.4, -0.2) is 17.1 Å². The van der Waals surface area contributed by atoms with Crippen molar-refractivity contribution in [1.82, 2.24) is 9.97 Å². The van der Waals surface area contributed by atoms with Gasteiger partial charge >= 0.3 is 0 Å². The van der Waals surface area contributed by atoms with Gasteiger partial charge in [0.1, 0.15) is 0 Å². The minimum atomic E-state index is 0.540. The van der Waals surface area contributed by atoms with Crippen molar-refractivity contribution >= 4 is 17.5 Å². The molecule has 2 rings (SSSR count). The van der Waals surface area contributed by atoms with E-state index in [1.54, 1.807) is 19.4 Å². The molecule has 5 heteroatoms. The Kier molecular flexibility index (Phi) is 3.77. The van der Waals surface area contributed by atoms with E-state index in [-0.39, 0.29) is 0 Å². The zero-order chi connectivity index (χ0) is 12.1. The third kappa shape index (κ3) is 3.32. The molecule has 0 bridgehead atoms. The lowest BCUT2D eigenvalue weighted by atomic mass is 10.2. The number of benzene rings is 1. The Morgan fingerprint density at radius 3 is 2.71 bits per heavy atom. The molecule has 0 aliphatic heterocycles. The zero-order valence-electron chi connectivity index (χ0n) is 9.35. The van der Waals surface area contributed by atoms with Crippen LogP contribution in [0.4, 0.5) is 5.95 Å². The van der Waals surface area contributed by atoms with E-state index in [1.807, 2.05) is 24.3 Å². The van der Waals surface area contributed by atoms with Crippen LogP contribution < -0.4 is 10.1 Å². The molecule has 0 aliphatic rings. The van der Waals surface area contributed by atoms with Gasteiger partial charge in [-0.15, -0.1) is 0 Å². The molecule has 88 valence electrons. The largest absolute Gasteiger partial charge is 0.481 e. The summed E-state index contributed by atoms with van der Waals surface area (Å²) >= 11 is 5.81.